The number of nitrogens with one attached hydrogen (secondary N) is 1. The number of thiazole rings is 1. The van der Waals surface area contributed by atoms with Crippen LogP contribution in [0.5, 0.6) is 0 Å². The smallest absolute Gasteiger partial charge is 0.286 e. The Bertz CT molecular complexity index is 1170. The predicted molar refractivity (Wildman–Crippen MR) is 121 cm³/mol. The summed E-state index contributed by atoms with van der Waals surface area (Å²) in [5.41, 5.74) is 2.40. The second-order valence-electron chi connectivity index (χ2n) is 6.97. The zero-order chi connectivity index (χ0) is 22.3. The summed E-state index contributed by atoms with van der Waals surface area (Å²) in [5, 5.41) is 5.07. The first-order valence-electron chi connectivity index (χ1n) is 9.97. The number of carbonyl (C=O) groups excluding carboxylic acids is 2. The van der Waals surface area contributed by atoms with Gasteiger partial charge < -0.3 is 9.73 Å². The lowest BCUT2D eigenvalue weighted by molar-refractivity contribution is -0.118. The van der Waals surface area contributed by atoms with Crippen molar-refractivity contribution in [2.45, 2.75) is 13.0 Å². The first-order chi connectivity index (χ1) is 15.6. The maximum absolute atomic E-state index is 13.2. The van der Waals surface area contributed by atoms with Crippen molar-refractivity contribution in [3.8, 4) is 11.3 Å². The van der Waals surface area contributed by atoms with Crippen LogP contribution in [0.15, 0.2) is 82.8 Å². The number of carbonyl (C=O) groups is 2. The topological polar surface area (TPSA) is 75.4 Å². The van der Waals surface area contributed by atoms with Crippen molar-refractivity contribution in [1.82, 2.24) is 10.3 Å². The van der Waals surface area contributed by atoms with Crippen LogP contribution in [0.25, 0.3) is 11.3 Å². The molecule has 0 bridgehead atoms. The van der Waals surface area contributed by atoms with Crippen LogP contribution < -0.4 is 10.2 Å². The molecule has 4 rings (SSSR count). The zero-order valence-corrected chi connectivity index (χ0v) is 17.8. The maximum atomic E-state index is 13.2. The van der Waals surface area contributed by atoms with Gasteiger partial charge in [0, 0.05) is 23.9 Å². The molecule has 0 saturated heterocycles. The molecule has 0 aliphatic carbocycles. The van der Waals surface area contributed by atoms with E-state index in [9.17, 15) is 14.0 Å². The fourth-order valence-corrected chi connectivity index (χ4v) is 3.93. The minimum absolute atomic E-state index is 0.102. The van der Waals surface area contributed by atoms with Gasteiger partial charge in [0.25, 0.3) is 5.91 Å². The number of hydrogen-bond donors (Lipinski definition) is 1. The van der Waals surface area contributed by atoms with Gasteiger partial charge in [-0.1, -0.05) is 30.3 Å². The van der Waals surface area contributed by atoms with Crippen molar-refractivity contribution in [2.75, 3.05) is 11.4 Å². The second kappa shape index (κ2) is 10.0. The Hall–Kier alpha value is -3.78. The third-order valence-electron chi connectivity index (χ3n) is 4.72. The molecule has 1 N–H and O–H groups in total. The van der Waals surface area contributed by atoms with Crippen LogP contribution in [0, 0.1) is 5.82 Å². The highest BCUT2D eigenvalue weighted by Crippen LogP contribution is 2.29. The molecule has 0 saturated carbocycles. The van der Waals surface area contributed by atoms with Gasteiger partial charge in [0.1, 0.15) is 5.82 Å². The van der Waals surface area contributed by atoms with Gasteiger partial charge in [0.15, 0.2) is 10.9 Å². The molecular weight excluding hydrogens is 429 g/mol. The lowest BCUT2D eigenvalue weighted by Gasteiger charge is -2.20. The van der Waals surface area contributed by atoms with E-state index < -0.39 is 0 Å². The summed E-state index contributed by atoms with van der Waals surface area (Å²) in [4.78, 5) is 31.3. The van der Waals surface area contributed by atoms with Crippen LogP contribution in [0.2, 0.25) is 0 Å². The van der Waals surface area contributed by atoms with Crippen molar-refractivity contribution < 1.29 is 18.4 Å². The lowest BCUT2D eigenvalue weighted by atomic mass is 10.2. The first kappa shape index (κ1) is 21.5. The van der Waals surface area contributed by atoms with Crippen molar-refractivity contribution in [2.24, 2.45) is 0 Å². The standard InChI is InChI=1S/C24H20FN3O3S/c25-19-10-8-18(9-11-19)20-16-32-24(27-20)28(15-17-5-2-1-3-6-17)22(29)12-13-26-23(30)21-7-4-14-31-21/h1-11,14,16H,12-13,15H2,(H,26,30). The van der Waals surface area contributed by atoms with Crippen LogP contribution >= 0.6 is 11.3 Å². The molecule has 162 valence electrons. The van der Waals surface area contributed by atoms with Gasteiger partial charge >= 0.3 is 0 Å². The zero-order valence-electron chi connectivity index (χ0n) is 17.0. The molecule has 4 aromatic rings. The first-order valence-corrected chi connectivity index (χ1v) is 10.9. The fraction of sp³-hybridized carbons (Fsp3) is 0.125. The molecule has 6 nitrogen and oxygen atoms in total. The molecule has 0 aliphatic rings. The number of halogens is 1. The molecule has 0 fully saturated rings. The van der Waals surface area contributed by atoms with Crippen LogP contribution in [-0.2, 0) is 11.3 Å². The SMILES string of the molecule is O=C(NCCC(=O)N(Cc1ccccc1)c1nc(-c2ccc(F)cc2)cs1)c1ccco1. The van der Waals surface area contributed by atoms with Crippen LogP contribution in [-0.4, -0.2) is 23.3 Å². The van der Waals surface area contributed by atoms with E-state index >= 15 is 0 Å². The maximum Gasteiger partial charge on any atom is 0.286 e. The van der Waals surface area contributed by atoms with E-state index in [0.29, 0.717) is 17.4 Å². The highest BCUT2D eigenvalue weighted by Gasteiger charge is 2.20. The summed E-state index contributed by atoms with van der Waals surface area (Å²) in [5.74, 6) is -0.664. The highest BCUT2D eigenvalue weighted by molar-refractivity contribution is 7.14. The van der Waals surface area contributed by atoms with Gasteiger partial charge in [0.05, 0.1) is 18.5 Å². The van der Waals surface area contributed by atoms with E-state index in [2.05, 4.69) is 10.3 Å². The number of hydrogen-bond acceptors (Lipinski definition) is 5. The number of furan rings is 1. The van der Waals surface area contributed by atoms with Crippen LogP contribution in [0.1, 0.15) is 22.5 Å². The molecule has 2 aromatic heterocycles. The molecule has 2 heterocycles. The molecule has 32 heavy (non-hydrogen) atoms. The Kier molecular flexibility index (Phi) is 6.72. The quantitative estimate of drug-likeness (QED) is 0.415. The minimum atomic E-state index is -0.370. The summed E-state index contributed by atoms with van der Waals surface area (Å²) in [6.07, 6.45) is 1.52. The molecule has 0 spiro atoms. The summed E-state index contributed by atoms with van der Waals surface area (Å²) in [6, 6.07) is 18.9. The number of benzene rings is 2. The Labute approximate surface area is 188 Å². The number of nitrogens with zero attached hydrogens (tertiary/aromatic N) is 2. The van der Waals surface area contributed by atoms with Gasteiger partial charge in [-0.2, -0.15) is 0 Å². The van der Waals surface area contributed by atoms with Gasteiger partial charge in [-0.05, 0) is 42.0 Å². The molecule has 8 heteroatoms. The van der Waals surface area contributed by atoms with Crippen molar-refractivity contribution in [1.29, 1.82) is 0 Å². The largest absolute Gasteiger partial charge is 0.459 e. The van der Waals surface area contributed by atoms with E-state index in [0.717, 1.165) is 11.1 Å². The molecule has 0 aliphatic heterocycles. The number of anilines is 1. The highest BCUT2D eigenvalue weighted by atomic mass is 32.1. The normalized spacial score (nSPS) is 10.7. The Morgan fingerprint density at radius 3 is 2.53 bits per heavy atom. The van der Waals surface area contributed by atoms with Crippen LogP contribution in [0.3, 0.4) is 0 Å². The summed E-state index contributed by atoms with van der Waals surface area (Å²) >= 11 is 1.34. The van der Waals surface area contributed by atoms with E-state index in [1.807, 2.05) is 35.7 Å². The monoisotopic (exact) mass is 449 g/mol. The Balaban J connectivity index is 1.49. The molecular formula is C24H20FN3O3S. The Morgan fingerprint density at radius 1 is 1.03 bits per heavy atom. The summed E-state index contributed by atoms with van der Waals surface area (Å²) < 4.78 is 18.3. The fourth-order valence-electron chi connectivity index (χ4n) is 3.08. The predicted octanol–water partition coefficient (Wildman–Crippen LogP) is 4.90. The van der Waals surface area contributed by atoms with Crippen molar-refractivity contribution in [3.63, 3.8) is 0 Å². The number of rotatable bonds is 8. The van der Waals surface area contributed by atoms with Gasteiger partial charge in [-0.15, -0.1) is 11.3 Å². The third-order valence-corrected chi connectivity index (χ3v) is 5.58. The number of aromatic nitrogens is 1. The summed E-state index contributed by atoms with van der Waals surface area (Å²) in [6.45, 7) is 0.516. The van der Waals surface area contributed by atoms with Crippen molar-refractivity contribution >= 4 is 28.3 Å². The van der Waals surface area contributed by atoms with Gasteiger partial charge in [-0.25, -0.2) is 9.37 Å². The average Bonchev–Trinajstić information content (AvgIpc) is 3.51. The molecule has 0 unspecified atom stereocenters. The van der Waals surface area contributed by atoms with E-state index in [1.165, 1.54) is 29.7 Å². The van der Waals surface area contributed by atoms with Crippen LogP contribution in [0.4, 0.5) is 9.52 Å². The Morgan fingerprint density at radius 2 is 1.81 bits per heavy atom. The molecule has 2 aromatic carbocycles. The van der Waals surface area contributed by atoms with E-state index in [1.54, 1.807) is 29.2 Å². The lowest BCUT2D eigenvalue weighted by Crippen LogP contribution is -2.34. The summed E-state index contributed by atoms with van der Waals surface area (Å²) in [7, 11) is 0. The minimum Gasteiger partial charge on any atom is -0.459 e. The van der Waals surface area contributed by atoms with Gasteiger partial charge in [-0.3, -0.25) is 14.5 Å². The molecule has 0 atom stereocenters. The van der Waals surface area contributed by atoms with E-state index in [4.69, 9.17) is 4.42 Å². The van der Waals surface area contributed by atoms with Gasteiger partial charge in [0.2, 0.25) is 5.91 Å². The number of amides is 2. The van der Waals surface area contributed by atoms with Crippen molar-refractivity contribution in [3.05, 3.63) is 95.5 Å². The van der Waals surface area contributed by atoms with E-state index in [-0.39, 0.29) is 36.4 Å². The molecule has 2 amide bonds. The average molecular weight is 450 g/mol. The third kappa shape index (κ3) is 5.28. The second-order valence-corrected chi connectivity index (χ2v) is 7.81. The molecule has 0 radical (unpaired) electrons.